The van der Waals surface area contributed by atoms with Gasteiger partial charge in [-0.2, -0.15) is 0 Å². The van der Waals surface area contributed by atoms with E-state index in [2.05, 4.69) is 17.0 Å². The second-order valence-electron chi connectivity index (χ2n) is 6.95. The Morgan fingerprint density at radius 3 is 2.34 bits per heavy atom. The van der Waals surface area contributed by atoms with E-state index in [9.17, 15) is 4.79 Å². The fourth-order valence-electron chi connectivity index (χ4n) is 3.50. The van der Waals surface area contributed by atoms with Gasteiger partial charge in [0.1, 0.15) is 5.75 Å². The normalized spacial score (nSPS) is 14.5. The van der Waals surface area contributed by atoms with Gasteiger partial charge in [0.25, 0.3) is 5.91 Å². The average Bonchev–Trinajstić information content (AvgIpc) is 2.75. The summed E-state index contributed by atoms with van der Waals surface area (Å²) >= 11 is 0. The van der Waals surface area contributed by atoms with Gasteiger partial charge in [0.05, 0.1) is 20.3 Å². The van der Waals surface area contributed by atoms with E-state index in [0.717, 1.165) is 25.4 Å². The van der Waals surface area contributed by atoms with Crippen LogP contribution in [0.1, 0.15) is 29.8 Å². The number of carbonyl (C=O) groups excluding carboxylic acids is 1. The third-order valence-corrected chi connectivity index (χ3v) is 4.99. The third-order valence-electron chi connectivity index (χ3n) is 4.99. The fourth-order valence-corrected chi connectivity index (χ4v) is 3.50. The Hall–Kier alpha value is -2.73. The maximum absolute atomic E-state index is 13.0. The Morgan fingerprint density at radius 2 is 1.66 bits per heavy atom. The van der Waals surface area contributed by atoms with Gasteiger partial charge in [0.2, 0.25) is 0 Å². The third kappa shape index (κ3) is 5.41. The first-order valence-corrected chi connectivity index (χ1v) is 10.2. The molecular formula is C23H30N2O4. The lowest BCUT2D eigenvalue weighted by Gasteiger charge is -2.35. The molecule has 3 rings (SSSR count). The van der Waals surface area contributed by atoms with Crippen molar-refractivity contribution in [1.82, 2.24) is 9.80 Å². The quantitative estimate of drug-likeness (QED) is 0.682. The van der Waals surface area contributed by atoms with E-state index in [1.165, 1.54) is 5.56 Å². The summed E-state index contributed by atoms with van der Waals surface area (Å²) in [5.74, 6) is 2.21. The van der Waals surface area contributed by atoms with Gasteiger partial charge >= 0.3 is 0 Å². The molecule has 0 aliphatic carbocycles. The highest BCUT2D eigenvalue weighted by molar-refractivity contribution is 5.95. The SMILES string of the molecule is CCOc1ccc(C(=O)N2CCN(Cc3cccc(OC)c3)CC2)cc1OCC. The predicted molar refractivity (Wildman–Crippen MR) is 113 cm³/mol. The average molecular weight is 399 g/mol. The van der Waals surface area contributed by atoms with Gasteiger partial charge < -0.3 is 19.1 Å². The van der Waals surface area contributed by atoms with Crippen LogP contribution in [0.5, 0.6) is 17.2 Å². The number of hydrogen-bond acceptors (Lipinski definition) is 5. The molecule has 1 heterocycles. The van der Waals surface area contributed by atoms with Gasteiger partial charge in [0.15, 0.2) is 11.5 Å². The Bertz CT molecular complexity index is 816. The Morgan fingerprint density at radius 1 is 0.931 bits per heavy atom. The van der Waals surface area contributed by atoms with Crippen molar-refractivity contribution in [2.24, 2.45) is 0 Å². The molecule has 6 nitrogen and oxygen atoms in total. The fraction of sp³-hybridized carbons (Fsp3) is 0.435. The number of piperazine rings is 1. The minimum atomic E-state index is 0.0371. The maximum atomic E-state index is 13.0. The summed E-state index contributed by atoms with van der Waals surface area (Å²) in [5, 5.41) is 0. The van der Waals surface area contributed by atoms with Crippen molar-refractivity contribution in [2.45, 2.75) is 20.4 Å². The number of amides is 1. The molecule has 1 fully saturated rings. The number of carbonyl (C=O) groups is 1. The molecule has 0 aromatic heterocycles. The smallest absolute Gasteiger partial charge is 0.254 e. The van der Waals surface area contributed by atoms with E-state index in [1.54, 1.807) is 13.2 Å². The first-order chi connectivity index (χ1) is 14.1. The monoisotopic (exact) mass is 398 g/mol. The zero-order valence-electron chi connectivity index (χ0n) is 17.5. The van der Waals surface area contributed by atoms with Crippen molar-refractivity contribution in [2.75, 3.05) is 46.5 Å². The van der Waals surface area contributed by atoms with Crippen LogP contribution in [0.25, 0.3) is 0 Å². The summed E-state index contributed by atoms with van der Waals surface area (Å²) in [6, 6.07) is 13.6. The molecule has 1 amide bonds. The van der Waals surface area contributed by atoms with Crippen molar-refractivity contribution in [1.29, 1.82) is 0 Å². The van der Waals surface area contributed by atoms with Gasteiger partial charge in [-0.25, -0.2) is 0 Å². The number of benzene rings is 2. The van der Waals surface area contributed by atoms with Crippen LogP contribution in [0.3, 0.4) is 0 Å². The summed E-state index contributed by atoms with van der Waals surface area (Å²) in [4.78, 5) is 17.2. The first kappa shape index (κ1) is 21.0. The summed E-state index contributed by atoms with van der Waals surface area (Å²) in [7, 11) is 1.68. The number of rotatable bonds is 8. The number of nitrogens with zero attached hydrogens (tertiary/aromatic N) is 2. The van der Waals surface area contributed by atoms with E-state index in [1.807, 2.05) is 43.0 Å². The van der Waals surface area contributed by atoms with Gasteiger partial charge in [-0.3, -0.25) is 9.69 Å². The number of hydrogen-bond donors (Lipinski definition) is 0. The molecule has 0 radical (unpaired) electrons. The van der Waals surface area contributed by atoms with E-state index in [0.29, 0.717) is 43.4 Å². The van der Waals surface area contributed by atoms with Crippen LogP contribution in [0.2, 0.25) is 0 Å². The molecule has 156 valence electrons. The molecule has 0 saturated carbocycles. The Labute approximate surface area is 173 Å². The Kier molecular flexibility index (Phi) is 7.36. The second-order valence-corrected chi connectivity index (χ2v) is 6.95. The minimum Gasteiger partial charge on any atom is -0.497 e. The van der Waals surface area contributed by atoms with Crippen LogP contribution in [-0.2, 0) is 6.54 Å². The van der Waals surface area contributed by atoms with Crippen LogP contribution >= 0.6 is 0 Å². The summed E-state index contributed by atoms with van der Waals surface area (Å²) in [6.45, 7) is 8.90. The van der Waals surface area contributed by atoms with Crippen molar-refractivity contribution in [3.05, 3.63) is 53.6 Å². The first-order valence-electron chi connectivity index (χ1n) is 10.2. The lowest BCUT2D eigenvalue weighted by atomic mass is 10.1. The van der Waals surface area contributed by atoms with Gasteiger partial charge in [-0.15, -0.1) is 0 Å². The molecule has 1 saturated heterocycles. The standard InChI is InChI=1S/C23H30N2O4/c1-4-28-21-10-9-19(16-22(21)29-5-2)23(26)25-13-11-24(12-14-25)17-18-7-6-8-20(15-18)27-3/h6-10,15-16H,4-5,11-14,17H2,1-3H3. The van der Waals surface area contributed by atoms with E-state index in [4.69, 9.17) is 14.2 Å². The lowest BCUT2D eigenvalue weighted by molar-refractivity contribution is 0.0628. The molecule has 1 aliphatic rings. The summed E-state index contributed by atoms with van der Waals surface area (Å²) in [5.41, 5.74) is 1.86. The van der Waals surface area contributed by atoms with E-state index >= 15 is 0 Å². The zero-order chi connectivity index (χ0) is 20.6. The van der Waals surface area contributed by atoms with Gasteiger partial charge in [0, 0.05) is 38.3 Å². The van der Waals surface area contributed by atoms with Crippen molar-refractivity contribution in [3.63, 3.8) is 0 Å². The zero-order valence-corrected chi connectivity index (χ0v) is 17.5. The molecule has 1 aliphatic heterocycles. The molecule has 0 unspecified atom stereocenters. The molecule has 0 spiro atoms. The molecule has 6 heteroatoms. The van der Waals surface area contributed by atoms with Crippen molar-refractivity contribution < 1.29 is 19.0 Å². The summed E-state index contributed by atoms with van der Waals surface area (Å²) < 4.78 is 16.5. The molecule has 0 N–H and O–H groups in total. The van der Waals surface area contributed by atoms with Gasteiger partial charge in [-0.1, -0.05) is 12.1 Å². The highest BCUT2D eigenvalue weighted by Gasteiger charge is 2.23. The number of methoxy groups -OCH3 is 1. The van der Waals surface area contributed by atoms with E-state index in [-0.39, 0.29) is 5.91 Å². The summed E-state index contributed by atoms with van der Waals surface area (Å²) in [6.07, 6.45) is 0. The highest BCUT2D eigenvalue weighted by Crippen LogP contribution is 2.29. The van der Waals surface area contributed by atoms with Crippen LogP contribution in [0.4, 0.5) is 0 Å². The topological polar surface area (TPSA) is 51.2 Å². The molecular weight excluding hydrogens is 368 g/mol. The molecule has 2 aromatic carbocycles. The molecule has 0 atom stereocenters. The largest absolute Gasteiger partial charge is 0.497 e. The maximum Gasteiger partial charge on any atom is 0.254 e. The lowest BCUT2D eigenvalue weighted by Crippen LogP contribution is -2.48. The molecule has 0 bridgehead atoms. The van der Waals surface area contributed by atoms with Crippen LogP contribution in [0.15, 0.2) is 42.5 Å². The van der Waals surface area contributed by atoms with Gasteiger partial charge in [-0.05, 0) is 49.7 Å². The van der Waals surface area contributed by atoms with Crippen molar-refractivity contribution in [3.8, 4) is 17.2 Å². The van der Waals surface area contributed by atoms with Crippen molar-refractivity contribution >= 4 is 5.91 Å². The van der Waals surface area contributed by atoms with E-state index < -0.39 is 0 Å². The second kappa shape index (κ2) is 10.2. The Balaban J connectivity index is 1.60. The predicted octanol–water partition coefficient (Wildman–Crippen LogP) is 3.45. The van der Waals surface area contributed by atoms with Crippen LogP contribution in [0, 0.1) is 0 Å². The number of ether oxygens (including phenoxy) is 3. The van der Waals surface area contributed by atoms with Crippen LogP contribution < -0.4 is 14.2 Å². The molecule has 29 heavy (non-hydrogen) atoms. The van der Waals surface area contributed by atoms with Crippen LogP contribution in [-0.4, -0.2) is 62.2 Å². The minimum absolute atomic E-state index is 0.0371. The molecule has 2 aromatic rings. The highest BCUT2D eigenvalue weighted by atomic mass is 16.5.